The molecule has 2 aromatic heterocycles. The van der Waals surface area contributed by atoms with E-state index in [1.54, 1.807) is 39.0 Å². The number of thiophene rings is 1. The molecule has 0 radical (unpaired) electrons. The lowest BCUT2D eigenvalue weighted by atomic mass is 9.75. The van der Waals surface area contributed by atoms with Crippen LogP contribution >= 0.6 is 22.7 Å². The molecule has 1 aliphatic heterocycles. The van der Waals surface area contributed by atoms with E-state index in [1.165, 1.54) is 11.3 Å². The first-order valence-corrected chi connectivity index (χ1v) is 13.2. The summed E-state index contributed by atoms with van der Waals surface area (Å²) in [5.74, 6) is -2.27. The third-order valence-corrected chi connectivity index (χ3v) is 7.16. The monoisotopic (exact) mass is 509 g/mol. The number of para-hydroxylation sites is 1. The Bertz CT molecular complexity index is 1280. The summed E-state index contributed by atoms with van der Waals surface area (Å²) in [7, 11) is 0. The second kappa shape index (κ2) is 11.0. The number of aromatic nitrogens is 1. The van der Waals surface area contributed by atoms with Crippen molar-refractivity contribution >= 4 is 51.1 Å². The highest BCUT2D eigenvalue weighted by Crippen LogP contribution is 2.43. The van der Waals surface area contributed by atoms with Crippen molar-refractivity contribution in [2.75, 3.05) is 18.5 Å². The third kappa shape index (κ3) is 5.21. The molecule has 0 saturated heterocycles. The fraction of sp³-hybridized carbons (Fsp3) is 0.308. The second-order valence-corrected chi connectivity index (χ2v) is 9.58. The van der Waals surface area contributed by atoms with Crippen molar-refractivity contribution < 1.29 is 19.1 Å². The number of anilines is 2. The molecule has 0 aliphatic carbocycles. The zero-order valence-electron chi connectivity index (χ0n) is 20.0. The largest absolute Gasteiger partial charge is 0.465 e. The van der Waals surface area contributed by atoms with Crippen molar-refractivity contribution in [3.05, 3.63) is 63.3 Å². The Morgan fingerprint density at radius 3 is 2.54 bits per heavy atom. The van der Waals surface area contributed by atoms with Crippen LogP contribution in [0, 0.1) is 5.92 Å². The molecule has 0 amide bonds. The van der Waals surface area contributed by atoms with E-state index in [2.05, 4.69) is 15.7 Å². The standard InChI is InChI=1S/C26H27N3O4S2/c1-5-32-24(30)21-15(3)27-16(4)22(25(31)33-6-2)23(21)18-9-7-8-10-19(18)28-26-29-20(14-35-26)17-11-12-34-13-17/h7-14,21,23H,5-6H2,1-4H3,(H,28,29). The number of rotatable bonds is 8. The molecular formula is C26H27N3O4S2. The maximum atomic E-state index is 13.1. The van der Waals surface area contributed by atoms with Gasteiger partial charge < -0.3 is 14.8 Å². The van der Waals surface area contributed by atoms with Crippen molar-refractivity contribution in [2.45, 2.75) is 33.6 Å². The molecule has 4 rings (SSSR count). The van der Waals surface area contributed by atoms with E-state index in [4.69, 9.17) is 14.5 Å². The molecule has 7 nitrogen and oxygen atoms in total. The number of allylic oxidation sites excluding steroid dienone is 1. The predicted octanol–water partition coefficient (Wildman–Crippen LogP) is 6.19. The first-order chi connectivity index (χ1) is 16.9. The van der Waals surface area contributed by atoms with E-state index in [0.717, 1.165) is 22.5 Å². The molecule has 3 aromatic rings. The van der Waals surface area contributed by atoms with Gasteiger partial charge >= 0.3 is 11.9 Å². The number of benzene rings is 1. The first kappa shape index (κ1) is 24.8. The van der Waals surface area contributed by atoms with Crippen LogP contribution in [0.1, 0.15) is 39.2 Å². The van der Waals surface area contributed by atoms with Gasteiger partial charge in [-0.2, -0.15) is 11.3 Å². The van der Waals surface area contributed by atoms with Crippen LogP contribution in [-0.4, -0.2) is 35.8 Å². The lowest BCUT2D eigenvalue weighted by Crippen LogP contribution is -2.36. The minimum absolute atomic E-state index is 0.222. The Balaban J connectivity index is 1.78. The van der Waals surface area contributed by atoms with E-state index in [-0.39, 0.29) is 13.2 Å². The van der Waals surface area contributed by atoms with Gasteiger partial charge in [-0.15, -0.1) is 11.3 Å². The predicted molar refractivity (Wildman–Crippen MR) is 140 cm³/mol. The van der Waals surface area contributed by atoms with Gasteiger partial charge in [-0.3, -0.25) is 9.79 Å². The smallest absolute Gasteiger partial charge is 0.336 e. The van der Waals surface area contributed by atoms with Crippen molar-refractivity contribution in [3.8, 4) is 11.3 Å². The third-order valence-electron chi connectivity index (χ3n) is 5.72. The van der Waals surface area contributed by atoms with Crippen LogP contribution in [0.2, 0.25) is 0 Å². The highest BCUT2D eigenvalue weighted by molar-refractivity contribution is 7.14. The minimum Gasteiger partial charge on any atom is -0.465 e. The number of aliphatic imine (C=N–C) groups is 1. The zero-order chi connectivity index (χ0) is 24.9. The molecule has 0 spiro atoms. The summed E-state index contributed by atoms with van der Waals surface area (Å²) in [6, 6.07) is 9.66. The van der Waals surface area contributed by atoms with Crippen molar-refractivity contribution in [2.24, 2.45) is 10.9 Å². The van der Waals surface area contributed by atoms with Gasteiger partial charge in [0.25, 0.3) is 0 Å². The van der Waals surface area contributed by atoms with Gasteiger partial charge in [-0.25, -0.2) is 9.78 Å². The van der Waals surface area contributed by atoms with E-state index in [1.807, 2.05) is 41.1 Å². The molecule has 2 atom stereocenters. The Labute approximate surface area is 212 Å². The number of ether oxygens (including phenoxy) is 2. The summed E-state index contributed by atoms with van der Waals surface area (Å²) in [5, 5.41) is 10.2. The SMILES string of the molecule is CCOC(=O)C1=C(C)N=C(C)C(C(=O)OCC)C1c1ccccc1Nc1nc(-c2ccsc2)cs1. The summed E-state index contributed by atoms with van der Waals surface area (Å²) in [6.07, 6.45) is 0. The maximum Gasteiger partial charge on any atom is 0.336 e. The summed E-state index contributed by atoms with van der Waals surface area (Å²) in [5.41, 5.74) is 4.99. The van der Waals surface area contributed by atoms with E-state index in [9.17, 15) is 9.59 Å². The van der Waals surface area contributed by atoms with Crippen LogP contribution in [0.25, 0.3) is 11.3 Å². The van der Waals surface area contributed by atoms with Crippen LogP contribution < -0.4 is 5.32 Å². The van der Waals surface area contributed by atoms with Gasteiger partial charge in [0.2, 0.25) is 0 Å². The van der Waals surface area contributed by atoms with Crippen LogP contribution in [-0.2, 0) is 19.1 Å². The number of thiazole rings is 1. The Morgan fingerprint density at radius 1 is 1.06 bits per heavy atom. The van der Waals surface area contributed by atoms with Crippen molar-refractivity contribution in [3.63, 3.8) is 0 Å². The van der Waals surface area contributed by atoms with Crippen molar-refractivity contribution in [1.29, 1.82) is 0 Å². The number of hydrogen-bond donors (Lipinski definition) is 1. The Morgan fingerprint density at radius 2 is 1.83 bits per heavy atom. The number of nitrogens with zero attached hydrogens (tertiary/aromatic N) is 2. The summed E-state index contributed by atoms with van der Waals surface area (Å²) < 4.78 is 10.8. The van der Waals surface area contributed by atoms with E-state index in [0.29, 0.717) is 22.1 Å². The molecule has 1 N–H and O–H groups in total. The fourth-order valence-corrected chi connectivity index (χ4v) is 5.64. The molecule has 1 aliphatic rings. The van der Waals surface area contributed by atoms with Gasteiger partial charge in [0.05, 0.1) is 24.5 Å². The molecule has 1 aromatic carbocycles. The van der Waals surface area contributed by atoms with E-state index >= 15 is 0 Å². The summed E-state index contributed by atoms with van der Waals surface area (Å²) in [6.45, 7) is 7.54. The summed E-state index contributed by atoms with van der Waals surface area (Å²) >= 11 is 3.12. The highest BCUT2D eigenvalue weighted by Gasteiger charge is 2.43. The zero-order valence-corrected chi connectivity index (χ0v) is 21.7. The van der Waals surface area contributed by atoms with Crippen LogP contribution in [0.3, 0.4) is 0 Å². The topological polar surface area (TPSA) is 89.9 Å². The number of carbonyl (C=O) groups is 2. The number of nitrogens with one attached hydrogen (secondary N) is 1. The molecule has 0 fully saturated rings. The summed E-state index contributed by atoms with van der Waals surface area (Å²) in [4.78, 5) is 35.5. The first-order valence-electron chi connectivity index (χ1n) is 11.4. The fourth-order valence-electron chi connectivity index (χ4n) is 4.26. The number of esters is 2. The lowest BCUT2D eigenvalue weighted by molar-refractivity contribution is -0.146. The number of carbonyl (C=O) groups excluding carboxylic acids is 2. The number of hydrogen-bond acceptors (Lipinski definition) is 9. The second-order valence-electron chi connectivity index (χ2n) is 7.94. The van der Waals surface area contributed by atoms with Gasteiger partial charge in [0.15, 0.2) is 5.13 Å². The molecule has 3 heterocycles. The van der Waals surface area contributed by atoms with Crippen LogP contribution in [0.4, 0.5) is 10.8 Å². The van der Waals surface area contributed by atoms with Gasteiger partial charge in [-0.1, -0.05) is 18.2 Å². The molecule has 9 heteroatoms. The van der Waals surface area contributed by atoms with Crippen LogP contribution in [0.15, 0.2) is 62.7 Å². The van der Waals surface area contributed by atoms with Crippen LogP contribution in [0.5, 0.6) is 0 Å². The minimum atomic E-state index is -0.751. The molecule has 2 unspecified atom stereocenters. The quantitative estimate of drug-likeness (QED) is 0.364. The van der Waals surface area contributed by atoms with E-state index < -0.39 is 23.8 Å². The average molecular weight is 510 g/mol. The van der Waals surface area contributed by atoms with Gasteiger partial charge in [0, 0.05) is 39.3 Å². The normalized spacial score (nSPS) is 17.7. The van der Waals surface area contributed by atoms with Gasteiger partial charge in [-0.05, 0) is 50.8 Å². The molecular weight excluding hydrogens is 482 g/mol. The Hall–Kier alpha value is -3.30. The molecule has 0 bridgehead atoms. The maximum absolute atomic E-state index is 13.1. The molecule has 182 valence electrons. The highest BCUT2D eigenvalue weighted by atomic mass is 32.1. The van der Waals surface area contributed by atoms with Crippen molar-refractivity contribution in [1.82, 2.24) is 4.98 Å². The lowest BCUT2D eigenvalue weighted by Gasteiger charge is -2.32. The van der Waals surface area contributed by atoms with Gasteiger partial charge in [0.1, 0.15) is 5.92 Å². The molecule has 35 heavy (non-hydrogen) atoms. The average Bonchev–Trinajstić information content (AvgIpc) is 3.51. The molecule has 0 saturated carbocycles. The Kier molecular flexibility index (Phi) is 7.77.